The van der Waals surface area contributed by atoms with Gasteiger partial charge in [0, 0.05) is 13.1 Å². The summed E-state index contributed by atoms with van der Waals surface area (Å²) in [6.45, 7) is 3.09. The third-order valence-corrected chi connectivity index (χ3v) is 3.36. The van der Waals surface area contributed by atoms with E-state index in [4.69, 9.17) is 4.74 Å². The highest BCUT2D eigenvalue weighted by Gasteiger charge is 2.34. The van der Waals surface area contributed by atoms with E-state index in [0.29, 0.717) is 19.7 Å². The number of para-hydroxylation sites is 1. The molecule has 1 aliphatic rings. The molecule has 1 N–H and O–H groups in total. The first-order chi connectivity index (χ1) is 9.91. The number of nitrogens with one attached hydrogen (secondary N) is 1. The molecule has 116 valence electrons. The van der Waals surface area contributed by atoms with Gasteiger partial charge in [-0.15, -0.1) is 0 Å². The number of carbonyl (C=O) groups is 1. The molecule has 0 unspecified atom stereocenters. The molecular weight excluding hydrogens is 285 g/mol. The van der Waals surface area contributed by atoms with Crippen LogP contribution in [0.25, 0.3) is 0 Å². The van der Waals surface area contributed by atoms with Crippen molar-refractivity contribution in [2.75, 3.05) is 25.0 Å². The van der Waals surface area contributed by atoms with E-state index < -0.39 is 17.8 Å². The van der Waals surface area contributed by atoms with Crippen LogP contribution in [0.5, 0.6) is 0 Å². The molecule has 2 amide bonds. The van der Waals surface area contributed by atoms with Crippen molar-refractivity contribution in [1.29, 1.82) is 0 Å². The number of urea groups is 1. The first-order valence-corrected chi connectivity index (χ1v) is 6.75. The molecule has 1 saturated heterocycles. The van der Waals surface area contributed by atoms with Gasteiger partial charge in [0.05, 0.1) is 24.0 Å². The lowest BCUT2D eigenvalue weighted by Crippen LogP contribution is -2.47. The van der Waals surface area contributed by atoms with E-state index in [1.807, 2.05) is 6.92 Å². The zero-order valence-corrected chi connectivity index (χ0v) is 11.6. The topological polar surface area (TPSA) is 41.6 Å². The second-order valence-electron chi connectivity index (χ2n) is 4.82. The molecule has 0 radical (unpaired) electrons. The zero-order valence-electron chi connectivity index (χ0n) is 11.6. The maximum Gasteiger partial charge on any atom is 0.418 e. The number of hydrogen-bond acceptors (Lipinski definition) is 2. The van der Waals surface area contributed by atoms with Crippen molar-refractivity contribution < 1.29 is 22.7 Å². The van der Waals surface area contributed by atoms with E-state index in [1.54, 1.807) is 0 Å². The van der Waals surface area contributed by atoms with E-state index in [9.17, 15) is 18.0 Å². The molecule has 0 bridgehead atoms. The summed E-state index contributed by atoms with van der Waals surface area (Å²) in [6.07, 6.45) is -3.81. The van der Waals surface area contributed by atoms with Crippen molar-refractivity contribution in [1.82, 2.24) is 4.90 Å². The second-order valence-corrected chi connectivity index (χ2v) is 4.82. The molecule has 2 rings (SSSR count). The van der Waals surface area contributed by atoms with Crippen molar-refractivity contribution in [3.8, 4) is 0 Å². The predicted octanol–water partition coefficient (Wildman–Crippen LogP) is 3.35. The Kier molecular flexibility index (Phi) is 4.72. The van der Waals surface area contributed by atoms with Crippen molar-refractivity contribution >= 4 is 11.7 Å². The Bertz CT molecular complexity index is 505. The van der Waals surface area contributed by atoms with Crippen molar-refractivity contribution in [3.05, 3.63) is 29.8 Å². The fourth-order valence-electron chi connectivity index (χ4n) is 2.18. The number of rotatable bonds is 2. The number of amides is 2. The monoisotopic (exact) mass is 302 g/mol. The lowest BCUT2D eigenvalue weighted by molar-refractivity contribution is -0.136. The summed E-state index contributed by atoms with van der Waals surface area (Å²) in [5, 5.41) is 2.34. The van der Waals surface area contributed by atoms with E-state index in [-0.39, 0.29) is 11.8 Å². The first-order valence-electron chi connectivity index (χ1n) is 6.75. The lowest BCUT2D eigenvalue weighted by Gasteiger charge is -2.32. The molecule has 21 heavy (non-hydrogen) atoms. The van der Waals surface area contributed by atoms with Gasteiger partial charge < -0.3 is 15.0 Å². The van der Waals surface area contributed by atoms with Crippen LogP contribution in [0.4, 0.5) is 23.7 Å². The third-order valence-electron chi connectivity index (χ3n) is 3.36. The maximum atomic E-state index is 12.9. The highest BCUT2D eigenvalue weighted by Crippen LogP contribution is 2.34. The van der Waals surface area contributed by atoms with E-state index >= 15 is 0 Å². The molecule has 0 spiro atoms. The van der Waals surface area contributed by atoms with Crippen LogP contribution >= 0.6 is 0 Å². The average molecular weight is 302 g/mol. The van der Waals surface area contributed by atoms with Crippen LogP contribution < -0.4 is 5.32 Å². The molecule has 4 nitrogen and oxygen atoms in total. The van der Waals surface area contributed by atoms with E-state index in [2.05, 4.69) is 5.32 Å². The standard InChI is InChI=1S/C14H17F3N2O2/c1-2-10-9-19(7-8-21-10)13(20)18-12-6-4-3-5-11(12)14(15,16)17/h3-6,10H,2,7-9H2,1H3,(H,18,20)/t10-/m1/s1. The Morgan fingerprint density at radius 2 is 2.14 bits per heavy atom. The van der Waals surface area contributed by atoms with Crippen LogP contribution in [0.1, 0.15) is 18.9 Å². The average Bonchev–Trinajstić information content (AvgIpc) is 2.46. The van der Waals surface area contributed by atoms with Gasteiger partial charge in [-0.1, -0.05) is 19.1 Å². The highest BCUT2D eigenvalue weighted by atomic mass is 19.4. The maximum absolute atomic E-state index is 12.9. The van der Waals surface area contributed by atoms with E-state index in [0.717, 1.165) is 12.5 Å². The number of nitrogens with zero attached hydrogens (tertiary/aromatic N) is 1. The van der Waals surface area contributed by atoms with Gasteiger partial charge in [0.2, 0.25) is 0 Å². The second kappa shape index (κ2) is 6.34. The van der Waals surface area contributed by atoms with Gasteiger partial charge in [0.15, 0.2) is 0 Å². The van der Waals surface area contributed by atoms with Gasteiger partial charge >= 0.3 is 12.2 Å². The summed E-state index contributed by atoms with van der Waals surface area (Å²) in [6, 6.07) is 4.41. The fourth-order valence-corrected chi connectivity index (χ4v) is 2.18. The number of carbonyl (C=O) groups excluding carboxylic acids is 1. The minimum absolute atomic E-state index is 0.0673. The fraction of sp³-hybridized carbons (Fsp3) is 0.500. The van der Waals surface area contributed by atoms with Crippen molar-refractivity contribution in [3.63, 3.8) is 0 Å². The Balaban J connectivity index is 2.10. The molecule has 0 aliphatic carbocycles. The third kappa shape index (κ3) is 3.87. The minimum atomic E-state index is -4.50. The highest BCUT2D eigenvalue weighted by molar-refractivity contribution is 5.90. The van der Waals surface area contributed by atoms with Gasteiger partial charge in [0.25, 0.3) is 0 Å². The molecular formula is C14H17F3N2O2. The number of morpholine rings is 1. The smallest absolute Gasteiger partial charge is 0.375 e. The van der Waals surface area contributed by atoms with Gasteiger partial charge in [-0.05, 0) is 18.6 Å². The van der Waals surface area contributed by atoms with Crippen LogP contribution in [0.3, 0.4) is 0 Å². The van der Waals surface area contributed by atoms with Crippen LogP contribution in [-0.4, -0.2) is 36.7 Å². The first kappa shape index (κ1) is 15.6. The van der Waals surface area contributed by atoms with Gasteiger partial charge in [-0.3, -0.25) is 0 Å². The number of anilines is 1. The zero-order chi connectivity index (χ0) is 15.5. The lowest BCUT2D eigenvalue weighted by atomic mass is 10.1. The van der Waals surface area contributed by atoms with Crippen LogP contribution in [0, 0.1) is 0 Å². The summed E-state index contributed by atoms with van der Waals surface area (Å²) in [5.74, 6) is 0. The molecule has 7 heteroatoms. The number of ether oxygens (including phenoxy) is 1. The van der Waals surface area contributed by atoms with Crippen LogP contribution in [0.15, 0.2) is 24.3 Å². The number of halogens is 3. The largest absolute Gasteiger partial charge is 0.418 e. The Morgan fingerprint density at radius 3 is 2.81 bits per heavy atom. The van der Waals surface area contributed by atoms with Gasteiger partial charge in [-0.2, -0.15) is 13.2 Å². The van der Waals surface area contributed by atoms with Crippen molar-refractivity contribution in [2.45, 2.75) is 25.6 Å². The molecule has 0 aromatic heterocycles. The summed E-state index contributed by atoms with van der Waals surface area (Å²) in [4.78, 5) is 13.6. The van der Waals surface area contributed by atoms with Crippen LogP contribution in [0.2, 0.25) is 0 Å². The molecule has 1 atom stereocenters. The molecule has 1 fully saturated rings. The Labute approximate surface area is 120 Å². The van der Waals surface area contributed by atoms with Gasteiger partial charge in [-0.25, -0.2) is 4.79 Å². The molecule has 1 aliphatic heterocycles. The van der Waals surface area contributed by atoms with Crippen molar-refractivity contribution in [2.24, 2.45) is 0 Å². The number of alkyl halides is 3. The Hall–Kier alpha value is -1.76. The quantitative estimate of drug-likeness (QED) is 0.910. The molecule has 1 aromatic rings. The van der Waals surface area contributed by atoms with E-state index in [1.165, 1.54) is 23.1 Å². The normalized spacial score (nSPS) is 19.4. The predicted molar refractivity (Wildman–Crippen MR) is 72.1 cm³/mol. The van der Waals surface area contributed by atoms with Gasteiger partial charge in [0.1, 0.15) is 0 Å². The number of hydrogen-bond donors (Lipinski definition) is 1. The summed E-state index contributed by atoms with van der Waals surface area (Å²) in [5.41, 5.74) is -1.08. The molecule has 0 saturated carbocycles. The summed E-state index contributed by atoms with van der Waals surface area (Å²) >= 11 is 0. The Morgan fingerprint density at radius 1 is 1.43 bits per heavy atom. The van der Waals surface area contributed by atoms with Crippen LogP contribution in [-0.2, 0) is 10.9 Å². The molecule has 1 heterocycles. The number of benzene rings is 1. The summed E-state index contributed by atoms with van der Waals surface area (Å²) in [7, 11) is 0. The minimum Gasteiger partial charge on any atom is -0.375 e. The summed E-state index contributed by atoms with van der Waals surface area (Å²) < 4.78 is 44.1. The SMILES string of the molecule is CC[C@@H]1CN(C(=O)Nc2ccccc2C(F)(F)F)CCO1. The molecule has 1 aromatic carbocycles.